The van der Waals surface area contributed by atoms with Crippen LogP contribution in [0.3, 0.4) is 0 Å². The van der Waals surface area contributed by atoms with Crippen molar-refractivity contribution in [3.8, 4) is 0 Å². The lowest BCUT2D eigenvalue weighted by atomic mass is 10.1. The molecule has 1 rings (SSSR count). The summed E-state index contributed by atoms with van der Waals surface area (Å²) >= 11 is 0. The summed E-state index contributed by atoms with van der Waals surface area (Å²) in [7, 11) is -5.13. The molecule has 0 aliphatic carbocycles. The van der Waals surface area contributed by atoms with E-state index in [0.29, 0.717) is 11.3 Å². The van der Waals surface area contributed by atoms with Gasteiger partial charge >= 0.3 is 13.6 Å². The van der Waals surface area contributed by atoms with Crippen LogP contribution in [0.5, 0.6) is 0 Å². The Kier molecular flexibility index (Phi) is 7.18. The van der Waals surface area contributed by atoms with Gasteiger partial charge in [0.05, 0.1) is 0 Å². The van der Waals surface area contributed by atoms with E-state index < -0.39 is 36.6 Å². The largest absolute Gasteiger partial charge is 0.381 e. The van der Waals surface area contributed by atoms with Crippen molar-refractivity contribution in [3.63, 3.8) is 0 Å². The predicted octanol–water partition coefficient (Wildman–Crippen LogP) is 1.78. The number of unbranched alkanes of at least 4 members (excludes halogenated alkanes) is 1. The van der Waals surface area contributed by atoms with E-state index in [1.807, 2.05) is 6.92 Å². The van der Waals surface area contributed by atoms with Crippen LogP contribution < -0.4 is 5.32 Å². The molecule has 0 aromatic carbocycles. The van der Waals surface area contributed by atoms with Gasteiger partial charge in [-0.15, -0.1) is 0 Å². The molecule has 3 amide bonds. The number of carbonyl (C=O) groups excluding carboxylic acids is 2. The molecule has 1 aliphatic heterocycles. The fourth-order valence-corrected chi connectivity index (χ4v) is 4.24. The van der Waals surface area contributed by atoms with Crippen molar-refractivity contribution in [1.29, 1.82) is 0 Å². The minimum absolute atomic E-state index is 0.113. The lowest BCUT2D eigenvalue weighted by Gasteiger charge is -2.44. The summed E-state index contributed by atoms with van der Waals surface area (Å²) in [6, 6.07) is -0.909. The van der Waals surface area contributed by atoms with E-state index >= 15 is 0 Å². The quantitative estimate of drug-likeness (QED) is 0.390. The highest BCUT2D eigenvalue weighted by Crippen LogP contribution is 2.58. The van der Waals surface area contributed by atoms with Gasteiger partial charge in [0.2, 0.25) is 0 Å². The zero-order chi connectivity index (χ0) is 19.5. The predicted molar refractivity (Wildman–Crippen MR) is 90.8 cm³/mol. The Morgan fingerprint density at radius 3 is 2.20 bits per heavy atom. The Morgan fingerprint density at radius 2 is 1.84 bits per heavy atom. The van der Waals surface area contributed by atoms with E-state index in [-0.39, 0.29) is 19.6 Å². The van der Waals surface area contributed by atoms with Crippen LogP contribution in [-0.2, 0) is 18.8 Å². The van der Waals surface area contributed by atoms with Crippen molar-refractivity contribution in [2.75, 3.05) is 13.2 Å². The minimum Gasteiger partial charge on any atom is -0.373 e. The average molecular weight is 380 g/mol. The fraction of sp³-hybridized carbons (Fsp3) is 0.867. The molecule has 2 atom stereocenters. The first-order valence-corrected chi connectivity index (χ1v) is 10.1. The summed E-state index contributed by atoms with van der Waals surface area (Å²) in [6.07, 6.45) is 0.416. The third-order valence-corrected chi connectivity index (χ3v) is 5.51. The number of carbonyl (C=O) groups is 2. The van der Waals surface area contributed by atoms with Gasteiger partial charge in [-0.1, -0.05) is 19.8 Å². The molecule has 9 nitrogen and oxygen atoms in total. The lowest BCUT2D eigenvalue weighted by molar-refractivity contribution is -0.179. The molecule has 0 bridgehead atoms. The number of hydrogen-bond donors (Lipinski definition) is 3. The molecular formula is C15H29N2O7P. The summed E-state index contributed by atoms with van der Waals surface area (Å²) in [5.74, 6) is -0.768. The molecule has 1 heterocycles. The molecule has 1 saturated heterocycles. The summed E-state index contributed by atoms with van der Waals surface area (Å²) < 4.78 is 23.6. The van der Waals surface area contributed by atoms with Crippen LogP contribution >= 0.6 is 7.60 Å². The molecule has 1 fully saturated rings. The van der Waals surface area contributed by atoms with Crippen LogP contribution in [0.1, 0.15) is 53.9 Å². The average Bonchev–Trinajstić information content (AvgIpc) is 2.69. The topological polar surface area (TPSA) is 125 Å². The van der Waals surface area contributed by atoms with Crippen molar-refractivity contribution in [2.24, 2.45) is 0 Å². The van der Waals surface area contributed by atoms with Crippen molar-refractivity contribution in [1.82, 2.24) is 10.2 Å². The first-order chi connectivity index (χ1) is 11.5. The summed E-state index contributed by atoms with van der Waals surface area (Å²) in [5, 5.41) is 2.44. The van der Waals surface area contributed by atoms with Gasteiger partial charge in [-0.25, -0.2) is 9.69 Å². The molecular weight excluding hydrogens is 351 g/mol. The molecule has 1 aliphatic rings. The minimum atomic E-state index is -5.13. The van der Waals surface area contributed by atoms with Gasteiger partial charge in [0.1, 0.15) is 11.6 Å². The number of nitrogens with one attached hydrogen (secondary N) is 1. The summed E-state index contributed by atoms with van der Waals surface area (Å²) in [5.41, 5.74) is -3.79. The van der Waals surface area contributed by atoms with Crippen molar-refractivity contribution in [3.05, 3.63) is 0 Å². The van der Waals surface area contributed by atoms with Crippen LogP contribution in [0, 0.1) is 0 Å². The maximum absolute atomic E-state index is 12.8. The highest BCUT2D eigenvalue weighted by Gasteiger charge is 2.66. The van der Waals surface area contributed by atoms with Crippen LogP contribution in [0.25, 0.3) is 0 Å². The monoisotopic (exact) mass is 380 g/mol. The van der Waals surface area contributed by atoms with Gasteiger partial charge in [-0.05, 0) is 34.1 Å². The van der Waals surface area contributed by atoms with Gasteiger partial charge in [0, 0.05) is 13.2 Å². The smallest absolute Gasteiger partial charge is 0.373 e. The third-order valence-electron chi connectivity index (χ3n) is 4.06. The van der Waals surface area contributed by atoms with Crippen molar-refractivity contribution >= 4 is 19.5 Å². The lowest BCUT2D eigenvalue weighted by Crippen LogP contribution is -2.62. The van der Waals surface area contributed by atoms with E-state index in [2.05, 4.69) is 5.32 Å². The Balaban J connectivity index is 3.58. The number of urea groups is 1. The number of hydrogen-bond acceptors (Lipinski definition) is 5. The zero-order valence-corrected chi connectivity index (χ0v) is 16.3. The fourth-order valence-electron chi connectivity index (χ4n) is 2.93. The second-order valence-corrected chi connectivity index (χ2v) is 8.15. The van der Waals surface area contributed by atoms with Gasteiger partial charge in [0.15, 0.2) is 0 Å². The summed E-state index contributed by atoms with van der Waals surface area (Å²) in [6.45, 7) is 8.09. The maximum Gasteiger partial charge on any atom is 0.381 e. The first kappa shape index (κ1) is 22.1. The maximum atomic E-state index is 12.8. The van der Waals surface area contributed by atoms with Gasteiger partial charge < -0.3 is 24.6 Å². The molecule has 0 saturated carbocycles. The number of rotatable bonds is 10. The molecule has 10 heteroatoms. The second kappa shape index (κ2) is 8.14. The molecule has 0 aromatic heterocycles. The van der Waals surface area contributed by atoms with E-state index in [1.54, 1.807) is 6.92 Å². The van der Waals surface area contributed by atoms with Crippen LogP contribution in [-0.4, -0.2) is 56.9 Å². The standard InChI is InChI=1S/C15H29N2O7P/c1-6-9-10-11(23-7-2)15(24-8-3,25(20,21)22)17-12(18)14(4,5)16-13(17)19/h11H,6-10H2,1-5H3,(H,16,19)(H2,20,21,22). The van der Waals surface area contributed by atoms with E-state index in [0.717, 1.165) is 6.42 Å². The van der Waals surface area contributed by atoms with E-state index in [4.69, 9.17) is 9.47 Å². The SMILES string of the molecule is CCCCC(OCC)C(OCC)(N1C(=O)NC(C)(C)C1=O)P(=O)(O)O. The highest BCUT2D eigenvalue weighted by atomic mass is 31.2. The third kappa shape index (κ3) is 4.06. The molecule has 25 heavy (non-hydrogen) atoms. The van der Waals surface area contributed by atoms with Crippen LogP contribution in [0.2, 0.25) is 0 Å². The Labute approximate surface area is 148 Å². The molecule has 0 radical (unpaired) electrons. The second-order valence-electron chi connectivity index (χ2n) is 6.42. The Morgan fingerprint density at radius 1 is 1.24 bits per heavy atom. The van der Waals surface area contributed by atoms with Crippen molar-refractivity contribution < 1.29 is 33.4 Å². The molecule has 2 unspecified atom stereocenters. The van der Waals surface area contributed by atoms with Crippen LogP contribution in [0.15, 0.2) is 0 Å². The first-order valence-electron chi connectivity index (χ1n) is 8.47. The molecule has 0 aromatic rings. The Hall–Kier alpha value is -0.990. The number of nitrogens with zero attached hydrogens (tertiary/aromatic N) is 1. The van der Waals surface area contributed by atoms with E-state index in [9.17, 15) is 23.9 Å². The molecule has 0 spiro atoms. The highest BCUT2D eigenvalue weighted by molar-refractivity contribution is 7.53. The van der Waals surface area contributed by atoms with Gasteiger partial charge in [-0.2, -0.15) is 0 Å². The van der Waals surface area contributed by atoms with Gasteiger partial charge in [-0.3, -0.25) is 9.36 Å². The normalized spacial score (nSPS) is 21.2. The van der Waals surface area contributed by atoms with E-state index in [1.165, 1.54) is 20.8 Å². The molecule has 3 N–H and O–H groups in total. The van der Waals surface area contributed by atoms with Crippen LogP contribution in [0.4, 0.5) is 4.79 Å². The number of imide groups is 1. The number of ether oxygens (including phenoxy) is 2. The molecule has 146 valence electrons. The zero-order valence-electron chi connectivity index (χ0n) is 15.4. The summed E-state index contributed by atoms with van der Waals surface area (Å²) in [4.78, 5) is 46.0. The Bertz CT molecular complexity index is 548. The van der Waals surface area contributed by atoms with Gasteiger partial charge in [0.25, 0.3) is 11.4 Å². The number of amides is 3. The van der Waals surface area contributed by atoms with Crippen molar-refractivity contribution in [2.45, 2.75) is 71.0 Å².